The summed E-state index contributed by atoms with van der Waals surface area (Å²) in [6.45, 7) is 0. The fourth-order valence-electron chi connectivity index (χ4n) is 11.0. The molecule has 0 aliphatic heterocycles. The molecule has 13 rings (SSSR count). The van der Waals surface area contributed by atoms with Crippen LogP contribution >= 0.6 is 0 Å². The number of hydrogen-bond acceptors (Lipinski definition) is 2. The van der Waals surface area contributed by atoms with Crippen molar-refractivity contribution >= 4 is 39.0 Å². The molecule has 69 heavy (non-hydrogen) atoms. The summed E-state index contributed by atoms with van der Waals surface area (Å²) in [6, 6.07) is 99.5. The van der Waals surface area contributed by atoms with Gasteiger partial charge in [-0.2, -0.15) is 0 Å². The number of para-hydroxylation sites is 1. The highest BCUT2D eigenvalue weighted by Crippen LogP contribution is 2.60. The van der Waals surface area contributed by atoms with Crippen LogP contribution in [-0.2, 0) is 5.41 Å². The number of benzene rings is 11. The van der Waals surface area contributed by atoms with E-state index in [1.165, 1.54) is 66.8 Å². The zero-order chi connectivity index (χ0) is 45.7. The van der Waals surface area contributed by atoms with Crippen LogP contribution in [0.2, 0.25) is 0 Å². The Balaban J connectivity index is 1.04. The quantitative estimate of drug-likeness (QED) is 0.144. The zero-order valence-corrected chi connectivity index (χ0v) is 37.8. The van der Waals surface area contributed by atoms with Crippen LogP contribution in [0.15, 0.2) is 277 Å². The van der Waals surface area contributed by atoms with Gasteiger partial charge in [0.25, 0.3) is 0 Å². The molecule has 1 heterocycles. The lowest BCUT2D eigenvalue weighted by Crippen LogP contribution is -2.28. The summed E-state index contributed by atoms with van der Waals surface area (Å²) in [4.78, 5) is 2.45. The summed E-state index contributed by atoms with van der Waals surface area (Å²) < 4.78 is 6.34. The van der Waals surface area contributed by atoms with Crippen molar-refractivity contribution in [2.75, 3.05) is 4.90 Å². The van der Waals surface area contributed by atoms with E-state index in [9.17, 15) is 0 Å². The molecule has 0 fully saturated rings. The molecule has 0 saturated heterocycles. The topological polar surface area (TPSA) is 16.4 Å². The summed E-state index contributed by atoms with van der Waals surface area (Å²) in [5.74, 6) is 0. The second-order valence-corrected chi connectivity index (χ2v) is 18.0. The van der Waals surface area contributed by atoms with E-state index in [0.29, 0.717) is 0 Å². The van der Waals surface area contributed by atoms with Gasteiger partial charge >= 0.3 is 0 Å². The van der Waals surface area contributed by atoms with Crippen molar-refractivity contribution in [1.29, 1.82) is 0 Å². The molecule has 2 nitrogen and oxygen atoms in total. The molecule has 0 radical (unpaired) electrons. The third kappa shape index (κ3) is 6.80. The van der Waals surface area contributed by atoms with Crippen LogP contribution in [0.1, 0.15) is 22.3 Å². The first-order valence-corrected chi connectivity index (χ1v) is 23.7. The van der Waals surface area contributed by atoms with Crippen molar-refractivity contribution in [3.05, 3.63) is 295 Å². The Morgan fingerprint density at radius 3 is 1.42 bits per heavy atom. The standard InChI is InChI=1S/C67H45NO/c1-5-17-46(18-6-1)49-31-37-56(38-32-49)68(57-39-33-50(34-40-57)53-35-41-59-58-27-13-14-30-64(58)69-65(59)45-53)63-29-16-28-61-66(63)60-42-36-52(48-21-9-3-10-22-48)44-62(60)67(61,54-24-11-4-12-25-54)55-26-15-23-51(43-55)47-19-7-2-8-20-47/h1-45H. The lowest BCUT2D eigenvalue weighted by Gasteiger charge is -2.35. The van der Waals surface area contributed by atoms with Crippen molar-refractivity contribution in [1.82, 2.24) is 0 Å². The monoisotopic (exact) mass is 879 g/mol. The molecule has 1 aliphatic rings. The van der Waals surface area contributed by atoms with Crippen LogP contribution in [0.25, 0.3) is 77.6 Å². The summed E-state index contributed by atoms with van der Waals surface area (Å²) >= 11 is 0. The molecule has 0 spiro atoms. The minimum Gasteiger partial charge on any atom is -0.456 e. The van der Waals surface area contributed by atoms with Gasteiger partial charge in [-0.3, -0.25) is 0 Å². The number of hydrogen-bond donors (Lipinski definition) is 0. The summed E-state index contributed by atoms with van der Waals surface area (Å²) in [5, 5.41) is 2.26. The Kier molecular flexibility index (Phi) is 9.77. The number of rotatable bonds is 9. The average molecular weight is 880 g/mol. The Morgan fingerprint density at radius 2 is 0.754 bits per heavy atom. The van der Waals surface area contributed by atoms with Gasteiger partial charge in [0.1, 0.15) is 11.2 Å². The van der Waals surface area contributed by atoms with Crippen LogP contribution in [0.3, 0.4) is 0 Å². The summed E-state index contributed by atoms with van der Waals surface area (Å²) in [7, 11) is 0. The SMILES string of the molecule is c1ccc(-c2ccc(N(c3ccc(-c4ccc5c(c4)oc4ccccc45)cc3)c3cccc4c3-c3ccc(-c5ccccc5)cc3C4(c3ccccc3)c3cccc(-c4ccccc4)c3)cc2)cc1. The smallest absolute Gasteiger partial charge is 0.136 e. The fraction of sp³-hybridized carbons (Fsp3) is 0.0149. The lowest BCUT2D eigenvalue weighted by molar-refractivity contribution is 0.669. The Labute approximate surface area is 402 Å². The molecule has 1 unspecified atom stereocenters. The van der Waals surface area contributed by atoms with Gasteiger partial charge in [0.15, 0.2) is 0 Å². The van der Waals surface area contributed by atoms with Gasteiger partial charge in [-0.05, 0) is 133 Å². The zero-order valence-electron chi connectivity index (χ0n) is 37.8. The van der Waals surface area contributed by atoms with Crippen molar-refractivity contribution in [3.63, 3.8) is 0 Å². The lowest BCUT2D eigenvalue weighted by atomic mass is 9.67. The van der Waals surface area contributed by atoms with Gasteiger partial charge in [0.2, 0.25) is 0 Å². The minimum atomic E-state index is -0.653. The Morgan fingerprint density at radius 1 is 0.290 bits per heavy atom. The van der Waals surface area contributed by atoms with Gasteiger partial charge in [-0.1, -0.05) is 212 Å². The Hall–Kier alpha value is -8.98. The maximum atomic E-state index is 6.34. The molecule has 12 aromatic rings. The predicted molar refractivity (Wildman–Crippen MR) is 287 cm³/mol. The average Bonchev–Trinajstić information content (AvgIpc) is 3.96. The minimum absolute atomic E-state index is 0.653. The van der Waals surface area contributed by atoms with Gasteiger partial charge in [-0.25, -0.2) is 0 Å². The van der Waals surface area contributed by atoms with Crippen molar-refractivity contribution < 1.29 is 4.42 Å². The van der Waals surface area contributed by atoms with Crippen molar-refractivity contribution in [2.24, 2.45) is 0 Å². The molecule has 0 amide bonds. The third-order valence-electron chi connectivity index (χ3n) is 14.2. The molecule has 0 bridgehead atoms. The third-order valence-corrected chi connectivity index (χ3v) is 14.2. The molecule has 11 aromatic carbocycles. The molecule has 1 aromatic heterocycles. The van der Waals surface area contributed by atoms with E-state index in [1.54, 1.807) is 0 Å². The van der Waals surface area contributed by atoms with E-state index in [1.807, 2.05) is 12.1 Å². The van der Waals surface area contributed by atoms with Gasteiger partial charge < -0.3 is 9.32 Å². The van der Waals surface area contributed by atoms with Crippen LogP contribution in [0, 0.1) is 0 Å². The van der Waals surface area contributed by atoms with E-state index in [-0.39, 0.29) is 0 Å². The highest BCUT2D eigenvalue weighted by Gasteiger charge is 2.48. The second-order valence-electron chi connectivity index (χ2n) is 18.0. The largest absolute Gasteiger partial charge is 0.456 e. The second kappa shape index (κ2) is 16.7. The predicted octanol–water partition coefficient (Wildman–Crippen LogP) is 18.1. The van der Waals surface area contributed by atoms with E-state index < -0.39 is 5.41 Å². The Bertz CT molecular complexity index is 3800. The highest BCUT2D eigenvalue weighted by molar-refractivity contribution is 6.06. The number of fused-ring (bicyclic) bond motifs is 6. The molecule has 2 heteroatoms. The summed E-state index contributed by atoms with van der Waals surface area (Å²) in [5.41, 5.74) is 21.2. The van der Waals surface area contributed by atoms with E-state index in [4.69, 9.17) is 4.42 Å². The van der Waals surface area contributed by atoms with Gasteiger partial charge in [0, 0.05) is 27.7 Å². The molecule has 0 saturated carbocycles. The molecule has 324 valence electrons. The van der Waals surface area contributed by atoms with Gasteiger partial charge in [-0.15, -0.1) is 0 Å². The van der Waals surface area contributed by atoms with Crippen molar-refractivity contribution in [2.45, 2.75) is 5.41 Å². The maximum Gasteiger partial charge on any atom is 0.136 e. The maximum absolute atomic E-state index is 6.34. The fourth-order valence-corrected chi connectivity index (χ4v) is 11.0. The molecular formula is C67H45NO. The van der Waals surface area contributed by atoms with E-state index >= 15 is 0 Å². The molecule has 0 N–H and O–H groups in total. The van der Waals surface area contributed by atoms with Gasteiger partial charge in [0.05, 0.1) is 11.1 Å². The van der Waals surface area contributed by atoms with Crippen LogP contribution in [-0.4, -0.2) is 0 Å². The highest BCUT2D eigenvalue weighted by atomic mass is 16.3. The van der Waals surface area contributed by atoms with E-state index in [2.05, 4.69) is 266 Å². The normalized spacial score (nSPS) is 13.9. The molecule has 1 aliphatic carbocycles. The first-order chi connectivity index (χ1) is 34.2. The number of nitrogens with zero attached hydrogens (tertiary/aromatic N) is 1. The number of furan rings is 1. The number of anilines is 3. The van der Waals surface area contributed by atoms with E-state index in [0.717, 1.165) is 50.1 Å². The van der Waals surface area contributed by atoms with Crippen LogP contribution < -0.4 is 4.90 Å². The van der Waals surface area contributed by atoms with Crippen LogP contribution in [0.5, 0.6) is 0 Å². The molecule has 1 atom stereocenters. The van der Waals surface area contributed by atoms with Crippen molar-refractivity contribution in [3.8, 4) is 55.6 Å². The first-order valence-electron chi connectivity index (χ1n) is 23.7. The first kappa shape index (κ1) is 40.3. The molecular weight excluding hydrogens is 835 g/mol. The summed E-state index contributed by atoms with van der Waals surface area (Å²) in [6.07, 6.45) is 0. The van der Waals surface area contributed by atoms with Crippen LogP contribution in [0.4, 0.5) is 17.1 Å².